The SMILES string of the molecule is CC(=O)CCn1c(=O)[nH]c2sc(C(C)C)cc2c1=O. The maximum Gasteiger partial charge on any atom is 0.329 e. The van der Waals surface area contributed by atoms with E-state index in [9.17, 15) is 14.4 Å². The number of ketones is 1. The Morgan fingerprint density at radius 3 is 2.68 bits per heavy atom. The van der Waals surface area contributed by atoms with Crippen LogP contribution in [0.1, 0.15) is 38.0 Å². The highest BCUT2D eigenvalue weighted by molar-refractivity contribution is 7.18. The maximum atomic E-state index is 12.2. The fourth-order valence-corrected chi connectivity index (χ4v) is 2.86. The number of carbonyl (C=O) groups excluding carboxylic acids is 1. The second-order valence-electron chi connectivity index (χ2n) is 4.89. The molecular formula is C13H16N2O3S. The molecular weight excluding hydrogens is 264 g/mol. The quantitative estimate of drug-likeness (QED) is 0.929. The highest BCUT2D eigenvalue weighted by atomic mass is 32.1. The van der Waals surface area contributed by atoms with E-state index >= 15 is 0 Å². The predicted octanol–water partition coefficient (Wildman–Crippen LogP) is 1.85. The van der Waals surface area contributed by atoms with Crippen molar-refractivity contribution < 1.29 is 4.79 Å². The molecule has 2 rings (SSSR count). The topological polar surface area (TPSA) is 71.9 Å². The molecule has 0 amide bonds. The van der Waals surface area contributed by atoms with E-state index in [4.69, 9.17) is 0 Å². The van der Waals surface area contributed by atoms with Crippen LogP contribution in [0.4, 0.5) is 0 Å². The minimum Gasteiger partial charge on any atom is -0.300 e. The number of carbonyl (C=O) groups is 1. The Bertz CT molecular complexity index is 736. The lowest BCUT2D eigenvalue weighted by molar-refractivity contribution is -0.117. The summed E-state index contributed by atoms with van der Waals surface area (Å²) in [6.45, 7) is 5.65. The second-order valence-corrected chi connectivity index (χ2v) is 5.97. The molecule has 0 bridgehead atoms. The van der Waals surface area contributed by atoms with Gasteiger partial charge in [0.2, 0.25) is 0 Å². The van der Waals surface area contributed by atoms with Crippen LogP contribution in [0.3, 0.4) is 0 Å². The molecule has 102 valence electrons. The van der Waals surface area contributed by atoms with Crippen LogP contribution >= 0.6 is 11.3 Å². The van der Waals surface area contributed by atoms with Crippen molar-refractivity contribution in [3.8, 4) is 0 Å². The number of hydrogen-bond donors (Lipinski definition) is 1. The first-order valence-electron chi connectivity index (χ1n) is 6.16. The third-order valence-electron chi connectivity index (χ3n) is 2.95. The standard InChI is InChI=1S/C13H16N2O3S/c1-7(2)10-6-9-11(19-10)14-13(18)15(12(9)17)5-4-8(3)16/h6-7H,4-5H2,1-3H3,(H,14,18). The van der Waals surface area contributed by atoms with E-state index in [1.807, 2.05) is 19.9 Å². The molecule has 2 aromatic rings. The molecule has 0 atom stereocenters. The molecule has 0 aliphatic rings. The van der Waals surface area contributed by atoms with Crippen LogP contribution in [0.15, 0.2) is 15.7 Å². The summed E-state index contributed by atoms with van der Waals surface area (Å²) < 4.78 is 1.10. The van der Waals surface area contributed by atoms with Gasteiger partial charge in [-0.1, -0.05) is 13.8 Å². The molecule has 0 saturated carbocycles. The van der Waals surface area contributed by atoms with Crippen molar-refractivity contribution in [3.63, 3.8) is 0 Å². The van der Waals surface area contributed by atoms with Crippen LogP contribution in [-0.4, -0.2) is 15.3 Å². The number of fused-ring (bicyclic) bond motifs is 1. The smallest absolute Gasteiger partial charge is 0.300 e. The van der Waals surface area contributed by atoms with Gasteiger partial charge in [-0.2, -0.15) is 0 Å². The van der Waals surface area contributed by atoms with Gasteiger partial charge in [-0.25, -0.2) is 4.79 Å². The summed E-state index contributed by atoms with van der Waals surface area (Å²) in [7, 11) is 0. The number of nitrogens with one attached hydrogen (secondary N) is 1. The van der Waals surface area contributed by atoms with Crippen molar-refractivity contribution in [2.24, 2.45) is 0 Å². The molecule has 2 aromatic heterocycles. The van der Waals surface area contributed by atoms with Gasteiger partial charge in [0.05, 0.1) is 5.39 Å². The molecule has 6 heteroatoms. The Morgan fingerprint density at radius 2 is 2.11 bits per heavy atom. The summed E-state index contributed by atoms with van der Waals surface area (Å²) in [6.07, 6.45) is 0.190. The van der Waals surface area contributed by atoms with Gasteiger partial charge in [0.25, 0.3) is 5.56 Å². The van der Waals surface area contributed by atoms with Crippen molar-refractivity contribution in [1.29, 1.82) is 0 Å². The molecule has 0 spiro atoms. The summed E-state index contributed by atoms with van der Waals surface area (Å²) in [5, 5.41) is 0.525. The monoisotopic (exact) mass is 280 g/mol. The molecule has 19 heavy (non-hydrogen) atoms. The summed E-state index contributed by atoms with van der Waals surface area (Å²) >= 11 is 1.43. The van der Waals surface area contributed by atoms with E-state index < -0.39 is 5.69 Å². The third-order valence-corrected chi connectivity index (χ3v) is 4.30. The Morgan fingerprint density at radius 1 is 1.42 bits per heavy atom. The van der Waals surface area contributed by atoms with E-state index in [1.165, 1.54) is 18.3 Å². The average molecular weight is 280 g/mol. The minimum atomic E-state index is -0.448. The van der Waals surface area contributed by atoms with Crippen molar-refractivity contribution >= 4 is 27.3 Å². The third kappa shape index (κ3) is 2.68. The lowest BCUT2D eigenvalue weighted by Gasteiger charge is -2.02. The number of Topliss-reactive ketones (excluding diaryl/α,β-unsaturated/α-hetero) is 1. The highest BCUT2D eigenvalue weighted by Gasteiger charge is 2.13. The molecule has 0 unspecified atom stereocenters. The van der Waals surface area contributed by atoms with Crippen molar-refractivity contribution in [2.75, 3.05) is 0 Å². The molecule has 0 aromatic carbocycles. The average Bonchev–Trinajstić information content (AvgIpc) is 2.72. The van der Waals surface area contributed by atoms with Crippen LogP contribution in [0.2, 0.25) is 0 Å². The molecule has 0 fully saturated rings. The number of nitrogens with zero attached hydrogens (tertiary/aromatic N) is 1. The molecule has 0 radical (unpaired) electrons. The number of aromatic nitrogens is 2. The molecule has 1 N–H and O–H groups in total. The van der Waals surface area contributed by atoms with Crippen LogP contribution in [0.5, 0.6) is 0 Å². The second kappa shape index (κ2) is 5.13. The summed E-state index contributed by atoms with van der Waals surface area (Å²) in [5.41, 5.74) is -0.765. The van der Waals surface area contributed by atoms with Gasteiger partial charge in [0.15, 0.2) is 0 Å². The Hall–Kier alpha value is -1.69. The fourth-order valence-electron chi connectivity index (χ4n) is 1.82. The van der Waals surface area contributed by atoms with Crippen LogP contribution in [0.25, 0.3) is 10.2 Å². The van der Waals surface area contributed by atoms with E-state index in [-0.39, 0.29) is 24.3 Å². The number of rotatable bonds is 4. The van der Waals surface area contributed by atoms with Gasteiger partial charge in [-0.3, -0.25) is 19.1 Å². The number of H-pyrrole nitrogens is 1. The molecule has 2 heterocycles. The normalized spacial score (nSPS) is 11.4. The van der Waals surface area contributed by atoms with Gasteiger partial charge in [0.1, 0.15) is 10.6 Å². The van der Waals surface area contributed by atoms with Crippen molar-refractivity contribution in [1.82, 2.24) is 9.55 Å². The first kappa shape index (κ1) is 13.7. The lowest BCUT2D eigenvalue weighted by atomic mass is 10.2. The molecule has 5 nitrogen and oxygen atoms in total. The number of thiophene rings is 1. The first-order chi connectivity index (χ1) is 8.90. The molecule has 0 aliphatic heterocycles. The summed E-state index contributed by atoms with van der Waals surface area (Å²) in [5.74, 6) is 0.269. The number of hydrogen-bond acceptors (Lipinski definition) is 4. The van der Waals surface area contributed by atoms with E-state index in [1.54, 1.807) is 0 Å². The van der Waals surface area contributed by atoms with E-state index in [0.717, 1.165) is 9.44 Å². The van der Waals surface area contributed by atoms with Gasteiger partial charge in [-0.05, 0) is 18.9 Å². The van der Waals surface area contributed by atoms with E-state index in [2.05, 4.69) is 4.98 Å². The first-order valence-corrected chi connectivity index (χ1v) is 6.97. The fraction of sp³-hybridized carbons (Fsp3) is 0.462. The largest absolute Gasteiger partial charge is 0.329 e. The van der Waals surface area contributed by atoms with Gasteiger partial charge < -0.3 is 0 Å². The summed E-state index contributed by atoms with van der Waals surface area (Å²) in [4.78, 5) is 39.4. The van der Waals surface area contributed by atoms with Crippen LogP contribution < -0.4 is 11.2 Å². The Balaban J connectivity index is 2.58. The van der Waals surface area contributed by atoms with Gasteiger partial charge in [-0.15, -0.1) is 11.3 Å². The predicted molar refractivity (Wildman–Crippen MR) is 76.1 cm³/mol. The molecule has 0 saturated heterocycles. The van der Waals surface area contributed by atoms with Crippen LogP contribution in [-0.2, 0) is 11.3 Å². The highest BCUT2D eigenvalue weighted by Crippen LogP contribution is 2.26. The van der Waals surface area contributed by atoms with Gasteiger partial charge >= 0.3 is 5.69 Å². The Kier molecular flexibility index (Phi) is 3.71. The minimum absolute atomic E-state index is 0.0421. The summed E-state index contributed by atoms with van der Waals surface area (Å²) in [6, 6.07) is 1.83. The zero-order valence-corrected chi connectivity index (χ0v) is 12.0. The maximum absolute atomic E-state index is 12.2. The Labute approximate surface area is 113 Å². The zero-order chi connectivity index (χ0) is 14.2. The number of aromatic amines is 1. The van der Waals surface area contributed by atoms with Crippen molar-refractivity contribution in [3.05, 3.63) is 31.8 Å². The van der Waals surface area contributed by atoms with Crippen LogP contribution in [0, 0.1) is 0 Å². The van der Waals surface area contributed by atoms with E-state index in [0.29, 0.717) is 16.1 Å². The zero-order valence-electron chi connectivity index (χ0n) is 11.1. The van der Waals surface area contributed by atoms with Gasteiger partial charge in [0, 0.05) is 17.8 Å². The van der Waals surface area contributed by atoms with Crippen molar-refractivity contribution in [2.45, 2.75) is 39.7 Å². The lowest BCUT2D eigenvalue weighted by Crippen LogP contribution is -2.35. The molecule has 0 aliphatic carbocycles.